The summed E-state index contributed by atoms with van der Waals surface area (Å²) in [5.41, 5.74) is -5.27. The van der Waals surface area contributed by atoms with Crippen molar-refractivity contribution in [2.45, 2.75) is 51.3 Å². The van der Waals surface area contributed by atoms with Crippen LogP contribution in [0.15, 0.2) is 11.3 Å². The molecule has 0 radical (unpaired) electrons. The summed E-state index contributed by atoms with van der Waals surface area (Å²) in [4.78, 5) is 4.42. The van der Waals surface area contributed by atoms with Crippen LogP contribution in [0.25, 0.3) is 0 Å². The Morgan fingerprint density at radius 1 is 1.32 bits per heavy atom. The van der Waals surface area contributed by atoms with Crippen LogP contribution in [-0.4, -0.2) is 64.6 Å². The summed E-state index contributed by atoms with van der Waals surface area (Å²) < 4.78 is 63.2. The minimum Gasteiger partial charge on any atom is -0.357 e. The summed E-state index contributed by atoms with van der Waals surface area (Å²) in [6.45, 7) is 5.09. The Balaban J connectivity index is 0.00000392. The fourth-order valence-corrected chi connectivity index (χ4v) is 3.70. The maximum atomic E-state index is 12.6. The lowest BCUT2D eigenvalue weighted by Crippen LogP contribution is -2.51. The van der Waals surface area contributed by atoms with E-state index in [9.17, 15) is 21.6 Å². The van der Waals surface area contributed by atoms with E-state index in [1.54, 1.807) is 6.33 Å². The maximum Gasteiger partial charge on any atom is 0.511 e. The number of aliphatic imine (C=N–C) groups is 1. The van der Waals surface area contributed by atoms with E-state index in [0.717, 1.165) is 0 Å². The Bertz CT molecular complexity index is 746. The van der Waals surface area contributed by atoms with Crippen molar-refractivity contribution in [1.82, 2.24) is 29.7 Å². The molecule has 0 bridgehead atoms. The lowest BCUT2D eigenvalue weighted by atomic mass is 10.1. The van der Waals surface area contributed by atoms with Crippen LogP contribution in [-0.2, 0) is 23.1 Å². The Hall–Kier alpha value is -1.16. The molecule has 162 valence electrons. The summed E-state index contributed by atoms with van der Waals surface area (Å²) in [6.07, 6.45) is 2.12. The number of hydrogen-bond donors (Lipinski definition) is 2. The second kappa shape index (κ2) is 10.6. The van der Waals surface area contributed by atoms with Gasteiger partial charge in [0.1, 0.15) is 12.9 Å². The number of piperidine rings is 1. The van der Waals surface area contributed by atoms with Crippen molar-refractivity contribution in [1.29, 1.82) is 0 Å². The molecule has 1 fully saturated rings. The molecular weight excluding hydrogens is 514 g/mol. The molecule has 0 saturated carbocycles. The molecule has 1 aliphatic rings. The maximum absolute atomic E-state index is 12.6. The number of nitrogens with zero attached hydrogens (tertiary/aromatic N) is 5. The van der Waals surface area contributed by atoms with E-state index in [4.69, 9.17) is 0 Å². The number of aryl methyl sites for hydroxylation is 1. The Labute approximate surface area is 179 Å². The third-order valence-electron chi connectivity index (χ3n) is 4.19. The quantitative estimate of drug-likeness (QED) is 0.321. The van der Waals surface area contributed by atoms with E-state index >= 15 is 0 Å². The monoisotopic (exact) mass is 539 g/mol. The van der Waals surface area contributed by atoms with Gasteiger partial charge in [0.25, 0.3) is 0 Å². The molecule has 1 aromatic heterocycles. The first kappa shape index (κ1) is 24.9. The number of nitrogens with one attached hydrogen (secondary N) is 2. The van der Waals surface area contributed by atoms with E-state index in [1.807, 2.05) is 18.4 Å². The lowest BCUT2D eigenvalue weighted by Gasteiger charge is -2.32. The second-order valence-corrected chi connectivity index (χ2v) is 7.93. The zero-order valence-electron chi connectivity index (χ0n) is 15.6. The first-order valence-electron chi connectivity index (χ1n) is 8.67. The van der Waals surface area contributed by atoms with E-state index < -0.39 is 15.5 Å². The molecule has 2 N–H and O–H groups in total. The van der Waals surface area contributed by atoms with Crippen LogP contribution in [0.4, 0.5) is 13.2 Å². The molecule has 0 amide bonds. The largest absolute Gasteiger partial charge is 0.511 e. The van der Waals surface area contributed by atoms with E-state index in [0.29, 0.717) is 35.7 Å². The van der Waals surface area contributed by atoms with Crippen molar-refractivity contribution in [2.24, 2.45) is 4.99 Å². The third kappa shape index (κ3) is 6.17. The summed E-state index contributed by atoms with van der Waals surface area (Å²) in [5.74, 6) is 1.20. The Kier molecular flexibility index (Phi) is 9.39. The average Bonchev–Trinajstić information content (AvgIpc) is 3.07. The predicted molar refractivity (Wildman–Crippen MR) is 109 cm³/mol. The Morgan fingerprint density at radius 2 is 1.96 bits per heavy atom. The highest BCUT2D eigenvalue weighted by Gasteiger charge is 2.50. The highest BCUT2D eigenvalue weighted by Crippen LogP contribution is 2.28. The standard InChI is InChI=1S/C14H24F3N7O2S.HI/c1-3-18-13(19-9-12-22-20-10-23(12)4-2)21-11-5-7-24(8-6-11)27(25,26)14(15,16)17;/h10-11H,3-9H2,1-2H3,(H2,18,19,21);1H. The summed E-state index contributed by atoms with van der Waals surface area (Å²) >= 11 is 0. The molecule has 2 rings (SSSR count). The second-order valence-electron chi connectivity index (χ2n) is 6.00. The van der Waals surface area contributed by atoms with Crippen molar-refractivity contribution >= 4 is 40.0 Å². The van der Waals surface area contributed by atoms with Gasteiger partial charge in [0, 0.05) is 32.2 Å². The molecule has 0 atom stereocenters. The highest BCUT2D eigenvalue weighted by molar-refractivity contribution is 14.0. The Morgan fingerprint density at radius 3 is 2.50 bits per heavy atom. The summed E-state index contributed by atoms with van der Waals surface area (Å²) in [7, 11) is -5.27. The van der Waals surface area contributed by atoms with Gasteiger partial charge in [-0.3, -0.25) is 0 Å². The van der Waals surface area contributed by atoms with Gasteiger partial charge in [0.2, 0.25) is 0 Å². The number of guanidine groups is 1. The molecule has 1 saturated heterocycles. The van der Waals surface area contributed by atoms with Crippen molar-refractivity contribution in [3.8, 4) is 0 Å². The van der Waals surface area contributed by atoms with Crippen molar-refractivity contribution in [3.63, 3.8) is 0 Å². The third-order valence-corrected chi connectivity index (χ3v) is 5.82. The van der Waals surface area contributed by atoms with Crippen LogP contribution in [0.2, 0.25) is 0 Å². The minimum atomic E-state index is -5.27. The first-order valence-corrected chi connectivity index (χ1v) is 10.1. The average molecular weight is 539 g/mol. The fourth-order valence-electron chi connectivity index (χ4n) is 2.72. The van der Waals surface area contributed by atoms with Crippen molar-refractivity contribution < 1.29 is 21.6 Å². The number of sulfonamides is 1. The molecular formula is C14H25F3IN7O2S. The van der Waals surface area contributed by atoms with Gasteiger partial charge in [-0.1, -0.05) is 0 Å². The van der Waals surface area contributed by atoms with Crippen LogP contribution in [0.3, 0.4) is 0 Å². The van der Waals surface area contributed by atoms with Crippen LogP contribution >= 0.6 is 24.0 Å². The molecule has 2 heterocycles. The molecule has 0 unspecified atom stereocenters. The van der Waals surface area contributed by atoms with Gasteiger partial charge in [-0.05, 0) is 26.7 Å². The molecule has 14 heteroatoms. The van der Waals surface area contributed by atoms with Gasteiger partial charge in [0.15, 0.2) is 11.8 Å². The number of aromatic nitrogens is 3. The topological polar surface area (TPSA) is 105 Å². The van der Waals surface area contributed by atoms with Gasteiger partial charge in [-0.2, -0.15) is 17.5 Å². The fraction of sp³-hybridized carbons (Fsp3) is 0.786. The molecule has 0 aliphatic carbocycles. The van der Waals surface area contributed by atoms with Gasteiger partial charge < -0.3 is 15.2 Å². The number of hydrogen-bond acceptors (Lipinski definition) is 5. The van der Waals surface area contributed by atoms with Crippen LogP contribution < -0.4 is 10.6 Å². The molecule has 28 heavy (non-hydrogen) atoms. The number of alkyl halides is 3. The normalized spacial score (nSPS) is 17.2. The minimum absolute atomic E-state index is 0. The van der Waals surface area contributed by atoms with E-state index in [1.165, 1.54) is 0 Å². The molecule has 1 aromatic rings. The van der Waals surface area contributed by atoms with Gasteiger partial charge >= 0.3 is 15.5 Å². The number of halogens is 4. The molecule has 9 nitrogen and oxygen atoms in total. The number of rotatable bonds is 6. The zero-order chi connectivity index (χ0) is 20.1. The predicted octanol–water partition coefficient (Wildman–Crippen LogP) is 1.29. The van der Waals surface area contributed by atoms with Gasteiger partial charge in [-0.25, -0.2) is 13.4 Å². The lowest BCUT2D eigenvalue weighted by molar-refractivity contribution is -0.0494. The summed E-state index contributed by atoms with van der Waals surface area (Å²) in [6, 6.07) is -0.175. The van der Waals surface area contributed by atoms with Gasteiger partial charge in [0.05, 0.1) is 0 Å². The van der Waals surface area contributed by atoms with Crippen molar-refractivity contribution in [2.75, 3.05) is 19.6 Å². The molecule has 0 aromatic carbocycles. The van der Waals surface area contributed by atoms with Gasteiger partial charge in [-0.15, -0.1) is 34.2 Å². The van der Waals surface area contributed by atoms with Crippen molar-refractivity contribution in [3.05, 3.63) is 12.2 Å². The van der Waals surface area contributed by atoms with Crippen LogP contribution in [0, 0.1) is 0 Å². The molecule has 0 spiro atoms. The SMILES string of the molecule is CCNC(=NCc1nncn1CC)NC1CCN(S(=O)(=O)C(F)(F)F)CC1.I. The first-order chi connectivity index (χ1) is 12.7. The highest BCUT2D eigenvalue weighted by atomic mass is 127. The zero-order valence-corrected chi connectivity index (χ0v) is 18.8. The molecule has 1 aliphatic heterocycles. The van der Waals surface area contributed by atoms with Crippen LogP contribution in [0.1, 0.15) is 32.5 Å². The van der Waals surface area contributed by atoms with E-state index in [-0.39, 0.29) is 55.9 Å². The summed E-state index contributed by atoms with van der Waals surface area (Å²) in [5, 5.41) is 14.0. The van der Waals surface area contributed by atoms with Crippen LogP contribution in [0.5, 0.6) is 0 Å². The smallest absolute Gasteiger partial charge is 0.357 e. The van der Waals surface area contributed by atoms with E-state index in [2.05, 4.69) is 25.8 Å².